The fourth-order valence-corrected chi connectivity index (χ4v) is 4.74. The monoisotopic (exact) mass is 535 g/mol. The molecule has 3 aromatic carbocycles. The molecule has 0 aromatic heterocycles. The number of rotatable bonds is 10. The SMILES string of the molecule is CCCOc1ccc(C(=O)C2(Cc3cc(-c4cc(C(=O)O)c(F)cc4C)ccc3OC)C=CC=N2)c(Cl)c1. The summed E-state index contributed by atoms with van der Waals surface area (Å²) in [5.41, 5.74) is 1.10. The number of nitrogens with zero attached hydrogens (tertiary/aromatic N) is 1. The molecule has 0 aliphatic carbocycles. The van der Waals surface area contributed by atoms with Gasteiger partial charge in [-0.2, -0.15) is 0 Å². The fraction of sp³-hybridized carbons (Fsp3) is 0.233. The minimum Gasteiger partial charge on any atom is -0.496 e. The Kier molecular flexibility index (Phi) is 7.97. The Labute approximate surface area is 225 Å². The third-order valence-electron chi connectivity index (χ3n) is 6.41. The number of allylic oxidation sites excluding steroid dienone is 1. The van der Waals surface area contributed by atoms with Gasteiger partial charge in [0.1, 0.15) is 22.9 Å². The quantitative estimate of drug-likeness (QED) is 0.290. The summed E-state index contributed by atoms with van der Waals surface area (Å²) < 4.78 is 25.4. The number of aliphatic imine (C=N–C) groups is 1. The second-order valence-corrected chi connectivity index (χ2v) is 9.44. The van der Waals surface area contributed by atoms with Crippen molar-refractivity contribution in [2.45, 2.75) is 32.2 Å². The maximum atomic E-state index is 14.2. The lowest BCUT2D eigenvalue weighted by Gasteiger charge is -2.25. The second-order valence-electron chi connectivity index (χ2n) is 9.04. The zero-order chi connectivity index (χ0) is 27.4. The highest BCUT2D eigenvalue weighted by Gasteiger charge is 2.39. The van der Waals surface area contributed by atoms with Gasteiger partial charge in [0.15, 0.2) is 5.78 Å². The molecule has 0 saturated carbocycles. The van der Waals surface area contributed by atoms with Crippen LogP contribution >= 0.6 is 11.6 Å². The zero-order valence-electron chi connectivity index (χ0n) is 21.3. The van der Waals surface area contributed by atoms with Crippen LogP contribution in [0.25, 0.3) is 11.1 Å². The van der Waals surface area contributed by atoms with Crippen LogP contribution in [0.5, 0.6) is 11.5 Å². The lowest BCUT2D eigenvalue weighted by atomic mass is 9.83. The van der Waals surface area contributed by atoms with E-state index in [0.29, 0.717) is 45.9 Å². The molecule has 4 rings (SSSR count). The van der Waals surface area contributed by atoms with E-state index >= 15 is 0 Å². The standard InChI is InChI=1S/C30H27ClFNO5/c1-4-12-38-21-7-8-22(25(31)15-21)28(34)30(10-5-11-33-30)17-20-14-19(6-9-27(20)37-3)23-16-24(29(35)36)26(32)13-18(23)2/h5-11,13-16H,4,12,17H2,1-3H3,(H,35,36). The first-order valence-electron chi connectivity index (χ1n) is 12.1. The summed E-state index contributed by atoms with van der Waals surface area (Å²) >= 11 is 6.50. The summed E-state index contributed by atoms with van der Waals surface area (Å²) in [4.78, 5) is 29.9. The molecule has 1 atom stereocenters. The second kappa shape index (κ2) is 11.2. The highest BCUT2D eigenvalue weighted by Crippen LogP contribution is 2.37. The minimum atomic E-state index is -1.35. The van der Waals surface area contributed by atoms with Crippen LogP contribution < -0.4 is 9.47 Å². The predicted molar refractivity (Wildman–Crippen MR) is 146 cm³/mol. The molecule has 0 spiro atoms. The van der Waals surface area contributed by atoms with E-state index in [2.05, 4.69) is 4.99 Å². The molecule has 0 amide bonds. The fourth-order valence-electron chi connectivity index (χ4n) is 4.49. The predicted octanol–water partition coefficient (Wildman–Crippen LogP) is 6.75. The molecule has 1 aliphatic heterocycles. The molecule has 1 N–H and O–H groups in total. The van der Waals surface area contributed by atoms with Crippen LogP contribution in [-0.4, -0.2) is 42.3 Å². The van der Waals surface area contributed by atoms with Crippen LogP contribution in [0.2, 0.25) is 5.02 Å². The van der Waals surface area contributed by atoms with Crippen LogP contribution in [0.4, 0.5) is 4.39 Å². The van der Waals surface area contributed by atoms with Crippen molar-refractivity contribution in [3.05, 3.63) is 93.8 Å². The van der Waals surface area contributed by atoms with Crippen molar-refractivity contribution in [3.8, 4) is 22.6 Å². The Morgan fingerprint density at radius 2 is 1.89 bits per heavy atom. The normalized spacial score (nSPS) is 16.0. The number of Topliss-reactive ketones (excluding diaryl/α,β-unsaturated/α-hetero) is 1. The number of hydrogen-bond acceptors (Lipinski definition) is 5. The molecule has 1 aliphatic rings. The molecule has 0 fully saturated rings. The first-order chi connectivity index (χ1) is 18.2. The minimum absolute atomic E-state index is 0.159. The Hall–Kier alpha value is -3.97. The first-order valence-corrected chi connectivity index (χ1v) is 12.5. The number of aryl methyl sites for hydroxylation is 1. The van der Waals surface area contributed by atoms with Crippen molar-refractivity contribution < 1.29 is 28.6 Å². The van der Waals surface area contributed by atoms with Crippen LogP contribution in [0.15, 0.2) is 65.7 Å². The number of carboxylic acid groups (broad SMARTS) is 1. The topological polar surface area (TPSA) is 85.2 Å². The number of carbonyl (C=O) groups is 2. The lowest BCUT2D eigenvalue weighted by Crippen LogP contribution is -2.36. The van der Waals surface area contributed by atoms with E-state index < -0.39 is 22.9 Å². The van der Waals surface area contributed by atoms with Crippen molar-refractivity contribution in [1.29, 1.82) is 0 Å². The van der Waals surface area contributed by atoms with Gasteiger partial charge in [-0.15, -0.1) is 0 Å². The van der Waals surface area contributed by atoms with E-state index in [1.54, 1.807) is 55.6 Å². The van der Waals surface area contributed by atoms with E-state index in [9.17, 15) is 19.1 Å². The number of aromatic carboxylic acids is 1. The van der Waals surface area contributed by atoms with Crippen molar-refractivity contribution in [1.82, 2.24) is 0 Å². The summed E-state index contributed by atoms with van der Waals surface area (Å²) in [6.07, 6.45) is 6.02. The average Bonchev–Trinajstić information content (AvgIpc) is 3.36. The van der Waals surface area contributed by atoms with Crippen molar-refractivity contribution in [2.75, 3.05) is 13.7 Å². The number of methoxy groups -OCH3 is 1. The highest BCUT2D eigenvalue weighted by atomic mass is 35.5. The Morgan fingerprint density at radius 3 is 2.53 bits per heavy atom. The number of benzene rings is 3. The molecule has 6 nitrogen and oxygen atoms in total. The lowest BCUT2D eigenvalue weighted by molar-refractivity contribution is 0.0691. The molecule has 8 heteroatoms. The van der Waals surface area contributed by atoms with Gasteiger partial charge in [0, 0.05) is 18.2 Å². The number of carboxylic acids is 1. The Bertz CT molecular complexity index is 1450. The van der Waals surface area contributed by atoms with Crippen LogP contribution in [0, 0.1) is 12.7 Å². The summed E-state index contributed by atoms with van der Waals surface area (Å²) in [6, 6.07) is 12.8. The number of carbonyl (C=O) groups excluding carboxylic acids is 1. The average molecular weight is 536 g/mol. The highest BCUT2D eigenvalue weighted by molar-refractivity contribution is 6.34. The summed E-state index contributed by atoms with van der Waals surface area (Å²) in [5, 5.41) is 9.67. The van der Waals surface area contributed by atoms with Crippen molar-refractivity contribution in [2.24, 2.45) is 4.99 Å². The molecule has 3 aromatic rings. The van der Waals surface area contributed by atoms with Gasteiger partial charge in [-0.1, -0.05) is 24.6 Å². The van der Waals surface area contributed by atoms with Gasteiger partial charge in [-0.05, 0) is 90.2 Å². The van der Waals surface area contributed by atoms with E-state index in [1.165, 1.54) is 19.2 Å². The van der Waals surface area contributed by atoms with Crippen LogP contribution in [-0.2, 0) is 6.42 Å². The first kappa shape index (κ1) is 27.1. The molecular weight excluding hydrogens is 509 g/mol. The molecule has 0 saturated heterocycles. The third-order valence-corrected chi connectivity index (χ3v) is 6.72. The van der Waals surface area contributed by atoms with Crippen molar-refractivity contribution >= 4 is 29.6 Å². The summed E-state index contributed by atoms with van der Waals surface area (Å²) in [5.74, 6) is -1.32. The van der Waals surface area contributed by atoms with E-state index in [-0.39, 0.29) is 17.2 Å². The smallest absolute Gasteiger partial charge is 0.338 e. The van der Waals surface area contributed by atoms with Crippen LogP contribution in [0.1, 0.15) is 45.2 Å². The number of ketones is 1. The Balaban J connectivity index is 1.74. The Morgan fingerprint density at radius 1 is 1.11 bits per heavy atom. The maximum Gasteiger partial charge on any atom is 0.338 e. The number of hydrogen-bond donors (Lipinski definition) is 1. The van der Waals surface area contributed by atoms with Gasteiger partial charge in [-0.3, -0.25) is 9.79 Å². The van der Waals surface area contributed by atoms with Gasteiger partial charge in [0.2, 0.25) is 0 Å². The number of halogens is 2. The third kappa shape index (κ3) is 5.34. The summed E-state index contributed by atoms with van der Waals surface area (Å²) in [6.45, 7) is 4.25. The molecule has 196 valence electrons. The van der Waals surface area contributed by atoms with Gasteiger partial charge in [-0.25, -0.2) is 9.18 Å². The molecule has 38 heavy (non-hydrogen) atoms. The van der Waals surface area contributed by atoms with E-state index in [1.807, 2.05) is 13.0 Å². The van der Waals surface area contributed by atoms with E-state index in [4.69, 9.17) is 21.1 Å². The van der Waals surface area contributed by atoms with Gasteiger partial charge < -0.3 is 14.6 Å². The van der Waals surface area contributed by atoms with Gasteiger partial charge in [0.05, 0.1) is 24.3 Å². The van der Waals surface area contributed by atoms with Gasteiger partial charge >= 0.3 is 5.97 Å². The zero-order valence-corrected chi connectivity index (χ0v) is 22.0. The van der Waals surface area contributed by atoms with Crippen LogP contribution in [0.3, 0.4) is 0 Å². The maximum absolute atomic E-state index is 14.2. The molecule has 0 radical (unpaired) electrons. The van der Waals surface area contributed by atoms with E-state index in [0.717, 1.165) is 6.42 Å². The molecule has 1 unspecified atom stereocenters. The molecule has 1 heterocycles. The largest absolute Gasteiger partial charge is 0.496 e. The van der Waals surface area contributed by atoms with Crippen molar-refractivity contribution in [3.63, 3.8) is 0 Å². The number of ether oxygens (including phenoxy) is 2. The molecular formula is C30H27ClFNO5. The van der Waals surface area contributed by atoms with Gasteiger partial charge in [0.25, 0.3) is 0 Å². The molecule has 0 bridgehead atoms. The summed E-state index contributed by atoms with van der Waals surface area (Å²) in [7, 11) is 1.53.